The molecule has 3 aromatic rings. The lowest BCUT2D eigenvalue weighted by atomic mass is 9.96. The number of ether oxygens (including phenoxy) is 2. The molecule has 0 bridgehead atoms. The molecule has 0 unspecified atom stereocenters. The lowest BCUT2D eigenvalue weighted by Gasteiger charge is -2.14. The van der Waals surface area contributed by atoms with Crippen molar-refractivity contribution < 1.29 is 14.3 Å². The van der Waals surface area contributed by atoms with E-state index in [1.165, 1.54) is 24.5 Å². The molecule has 0 spiro atoms. The second kappa shape index (κ2) is 11.8. The number of benzene rings is 2. The van der Waals surface area contributed by atoms with Gasteiger partial charge in [-0.3, -0.25) is 4.79 Å². The number of carbonyl (C=O) groups excluding carboxylic acids is 1. The summed E-state index contributed by atoms with van der Waals surface area (Å²) in [4.78, 5) is 14.1. The van der Waals surface area contributed by atoms with E-state index in [0.717, 1.165) is 45.3 Å². The van der Waals surface area contributed by atoms with Crippen LogP contribution in [0.4, 0.5) is 5.00 Å². The minimum Gasteiger partial charge on any atom is -0.493 e. The van der Waals surface area contributed by atoms with E-state index in [-0.39, 0.29) is 5.57 Å². The number of aryl methyl sites for hydroxylation is 1. The van der Waals surface area contributed by atoms with Gasteiger partial charge in [0, 0.05) is 9.90 Å². The minimum absolute atomic E-state index is 0.0713. The Morgan fingerprint density at radius 2 is 1.97 bits per heavy atom. The van der Waals surface area contributed by atoms with Crippen molar-refractivity contribution in [2.75, 3.05) is 12.4 Å². The maximum Gasteiger partial charge on any atom is 0.266 e. The molecule has 1 aromatic heterocycles. The van der Waals surface area contributed by atoms with E-state index in [2.05, 4.69) is 34.0 Å². The number of nitrogens with one attached hydrogen (secondary N) is 1. The average molecular weight is 630 g/mol. The van der Waals surface area contributed by atoms with Crippen LogP contribution in [-0.4, -0.2) is 13.0 Å². The second-order valence-electron chi connectivity index (χ2n) is 8.10. The Morgan fingerprint density at radius 1 is 1.22 bits per heavy atom. The molecule has 1 amide bonds. The van der Waals surface area contributed by atoms with Crippen LogP contribution in [0.2, 0.25) is 5.02 Å². The molecule has 36 heavy (non-hydrogen) atoms. The van der Waals surface area contributed by atoms with E-state index in [1.54, 1.807) is 18.2 Å². The van der Waals surface area contributed by atoms with E-state index in [0.29, 0.717) is 39.3 Å². The number of amides is 1. The van der Waals surface area contributed by atoms with Gasteiger partial charge in [-0.2, -0.15) is 10.5 Å². The SMILES string of the molecule is COc1cc(/C=C(/C#N)C(=O)Nc2sc3c(c2C#N)CCCC3)cc(I)c1OCc1ccc(Cl)cc1. The highest BCUT2D eigenvalue weighted by molar-refractivity contribution is 14.1. The van der Waals surface area contributed by atoms with Crippen LogP contribution in [-0.2, 0) is 24.2 Å². The van der Waals surface area contributed by atoms with Gasteiger partial charge in [0.15, 0.2) is 11.5 Å². The van der Waals surface area contributed by atoms with Crippen LogP contribution in [0.1, 0.15) is 40.0 Å². The van der Waals surface area contributed by atoms with Crippen LogP contribution in [0.5, 0.6) is 11.5 Å². The lowest BCUT2D eigenvalue weighted by Crippen LogP contribution is -2.13. The number of carbonyl (C=O) groups is 1. The van der Waals surface area contributed by atoms with E-state index in [9.17, 15) is 15.3 Å². The summed E-state index contributed by atoms with van der Waals surface area (Å²) in [5.41, 5.74) is 3.04. The number of halogens is 2. The Kier molecular flexibility index (Phi) is 8.52. The molecule has 0 atom stereocenters. The fourth-order valence-corrected chi connectivity index (χ4v) is 6.10. The molecule has 1 N–H and O–H groups in total. The maximum atomic E-state index is 12.9. The number of fused-ring (bicyclic) bond motifs is 1. The number of hydrogen-bond acceptors (Lipinski definition) is 6. The first-order valence-electron chi connectivity index (χ1n) is 11.2. The van der Waals surface area contributed by atoms with Crippen molar-refractivity contribution in [2.45, 2.75) is 32.3 Å². The quantitative estimate of drug-likeness (QED) is 0.175. The van der Waals surface area contributed by atoms with Gasteiger partial charge in [0.05, 0.1) is 16.2 Å². The fourth-order valence-electron chi connectivity index (χ4n) is 3.96. The summed E-state index contributed by atoms with van der Waals surface area (Å²) in [7, 11) is 1.54. The molecule has 0 saturated heterocycles. The Morgan fingerprint density at radius 3 is 2.67 bits per heavy atom. The van der Waals surface area contributed by atoms with Crippen LogP contribution < -0.4 is 14.8 Å². The Balaban J connectivity index is 1.55. The molecule has 1 heterocycles. The smallest absolute Gasteiger partial charge is 0.266 e. The highest BCUT2D eigenvalue weighted by Gasteiger charge is 2.23. The van der Waals surface area contributed by atoms with Gasteiger partial charge in [0.25, 0.3) is 5.91 Å². The van der Waals surface area contributed by atoms with Gasteiger partial charge >= 0.3 is 0 Å². The van der Waals surface area contributed by atoms with Gasteiger partial charge in [-0.05, 0) is 95.3 Å². The van der Waals surface area contributed by atoms with Crippen molar-refractivity contribution in [1.29, 1.82) is 10.5 Å². The Hall–Kier alpha value is -3.05. The van der Waals surface area contributed by atoms with Crippen molar-refractivity contribution in [1.82, 2.24) is 0 Å². The first-order valence-corrected chi connectivity index (χ1v) is 13.4. The number of nitriles is 2. The van der Waals surface area contributed by atoms with Gasteiger partial charge < -0.3 is 14.8 Å². The van der Waals surface area contributed by atoms with Crippen LogP contribution in [0.15, 0.2) is 42.0 Å². The number of rotatable bonds is 7. The van der Waals surface area contributed by atoms with Gasteiger partial charge in [-0.15, -0.1) is 11.3 Å². The molecular weight excluding hydrogens is 609 g/mol. The van der Waals surface area contributed by atoms with Gasteiger partial charge in [0.2, 0.25) is 0 Å². The molecular formula is C27H21ClIN3O3S. The molecule has 0 saturated carbocycles. The zero-order chi connectivity index (χ0) is 25.7. The van der Waals surface area contributed by atoms with Crippen molar-refractivity contribution >= 4 is 62.5 Å². The number of methoxy groups -OCH3 is 1. The monoisotopic (exact) mass is 629 g/mol. The fraction of sp³-hybridized carbons (Fsp3) is 0.222. The summed E-state index contributed by atoms with van der Waals surface area (Å²) in [5.74, 6) is 0.498. The molecule has 0 fully saturated rings. The summed E-state index contributed by atoms with van der Waals surface area (Å²) < 4.78 is 12.3. The van der Waals surface area contributed by atoms with Crippen LogP contribution in [0.3, 0.4) is 0 Å². The number of hydrogen-bond donors (Lipinski definition) is 1. The summed E-state index contributed by atoms with van der Waals surface area (Å²) in [5, 5.41) is 23.3. The predicted octanol–water partition coefficient (Wildman–Crippen LogP) is 6.89. The zero-order valence-corrected chi connectivity index (χ0v) is 23.1. The predicted molar refractivity (Wildman–Crippen MR) is 149 cm³/mol. The third-order valence-corrected chi connectivity index (χ3v) is 7.99. The van der Waals surface area contributed by atoms with Crippen LogP contribution in [0, 0.1) is 26.2 Å². The Labute approximate surface area is 232 Å². The second-order valence-corrected chi connectivity index (χ2v) is 10.8. The summed E-state index contributed by atoms with van der Waals surface area (Å²) in [6.45, 7) is 0.330. The third kappa shape index (κ3) is 5.84. The van der Waals surface area contributed by atoms with Crippen LogP contribution >= 0.6 is 45.5 Å². The molecule has 6 nitrogen and oxygen atoms in total. The average Bonchev–Trinajstić information content (AvgIpc) is 3.24. The van der Waals surface area contributed by atoms with Gasteiger partial charge in [0.1, 0.15) is 29.3 Å². The maximum absolute atomic E-state index is 12.9. The molecule has 0 radical (unpaired) electrons. The molecule has 2 aromatic carbocycles. The summed E-state index contributed by atoms with van der Waals surface area (Å²) in [6, 6.07) is 15.1. The van der Waals surface area contributed by atoms with Crippen LogP contribution in [0.25, 0.3) is 6.08 Å². The molecule has 0 aliphatic heterocycles. The molecule has 9 heteroatoms. The standard InChI is InChI=1S/C27H21ClIN3O3S/c1-34-23-12-17(11-22(29)25(23)35-15-16-6-8-19(28)9-7-16)10-18(13-30)26(33)32-27-21(14-31)20-4-2-3-5-24(20)36-27/h6-12H,2-5,15H2,1H3,(H,32,33)/b18-10-. The topological polar surface area (TPSA) is 95.1 Å². The van der Waals surface area contributed by atoms with Crippen molar-refractivity contribution in [3.8, 4) is 23.6 Å². The van der Waals surface area contributed by atoms with Crippen molar-refractivity contribution in [3.05, 3.63) is 77.7 Å². The summed E-state index contributed by atoms with van der Waals surface area (Å²) in [6.07, 6.45) is 5.37. The molecule has 1 aliphatic rings. The van der Waals surface area contributed by atoms with E-state index < -0.39 is 5.91 Å². The third-order valence-electron chi connectivity index (χ3n) is 5.73. The summed E-state index contributed by atoms with van der Waals surface area (Å²) >= 11 is 9.51. The molecule has 1 aliphatic carbocycles. The highest BCUT2D eigenvalue weighted by Crippen LogP contribution is 2.38. The largest absolute Gasteiger partial charge is 0.493 e. The minimum atomic E-state index is -0.551. The zero-order valence-electron chi connectivity index (χ0n) is 19.4. The molecule has 182 valence electrons. The van der Waals surface area contributed by atoms with E-state index in [1.807, 2.05) is 24.3 Å². The first kappa shape index (κ1) is 26.0. The van der Waals surface area contributed by atoms with Gasteiger partial charge in [-0.1, -0.05) is 23.7 Å². The first-order chi connectivity index (χ1) is 17.4. The van der Waals surface area contributed by atoms with E-state index in [4.69, 9.17) is 21.1 Å². The molecule has 4 rings (SSSR count). The number of nitrogens with zero attached hydrogens (tertiary/aromatic N) is 2. The van der Waals surface area contributed by atoms with Crippen molar-refractivity contribution in [3.63, 3.8) is 0 Å². The number of thiophene rings is 1. The Bertz CT molecular complexity index is 1420. The highest BCUT2D eigenvalue weighted by atomic mass is 127. The van der Waals surface area contributed by atoms with Gasteiger partial charge in [-0.25, -0.2) is 0 Å². The van der Waals surface area contributed by atoms with Crippen molar-refractivity contribution in [2.24, 2.45) is 0 Å². The number of anilines is 1. The van der Waals surface area contributed by atoms with E-state index >= 15 is 0 Å². The normalized spacial score (nSPS) is 12.8. The lowest BCUT2D eigenvalue weighted by molar-refractivity contribution is -0.112.